The smallest absolute Gasteiger partial charge is 0.291 e. The van der Waals surface area contributed by atoms with E-state index in [1.54, 1.807) is 18.2 Å². The predicted molar refractivity (Wildman–Crippen MR) is 145 cm³/mol. The standard InChI is InChI=1S/C32H29FN2O4/c1-20-5-10-25(11-6-20)34-31(36)29-14-13-27(39-29)19-38-26-12-9-21-15-16-35(32(37)22-7-8-22)30(28(21)18-26)23-3-2-4-24(33)17-23/h2-6,9-14,17-18,22,30H,7-8,15-16,19H2,1H3,(H,34,36). The molecule has 3 aromatic carbocycles. The maximum atomic E-state index is 14.2. The van der Waals surface area contributed by atoms with Gasteiger partial charge in [-0.05, 0) is 91.4 Å². The minimum absolute atomic E-state index is 0.0680. The first kappa shape index (κ1) is 24.9. The van der Waals surface area contributed by atoms with Crippen LogP contribution in [-0.4, -0.2) is 23.3 Å². The largest absolute Gasteiger partial charge is 0.486 e. The van der Waals surface area contributed by atoms with Crippen LogP contribution in [0.2, 0.25) is 0 Å². The van der Waals surface area contributed by atoms with Crippen molar-refractivity contribution in [2.45, 2.75) is 38.8 Å². The number of nitrogens with zero attached hydrogens (tertiary/aromatic N) is 1. The van der Waals surface area contributed by atoms with E-state index >= 15 is 0 Å². The van der Waals surface area contributed by atoms with E-state index in [-0.39, 0.29) is 42.0 Å². The van der Waals surface area contributed by atoms with Gasteiger partial charge < -0.3 is 19.4 Å². The molecule has 1 atom stereocenters. The second kappa shape index (κ2) is 10.4. The number of nitrogens with one attached hydrogen (secondary N) is 1. The molecule has 7 heteroatoms. The molecule has 4 aromatic rings. The van der Waals surface area contributed by atoms with Crippen LogP contribution in [0.4, 0.5) is 10.1 Å². The molecule has 2 amide bonds. The van der Waals surface area contributed by atoms with Gasteiger partial charge in [-0.1, -0.05) is 35.9 Å². The minimum Gasteiger partial charge on any atom is -0.486 e. The Morgan fingerprint density at radius 2 is 1.85 bits per heavy atom. The minimum atomic E-state index is -0.373. The molecule has 1 N–H and O–H groups in total. The number of carbonyl (C=O) groups excluding carboxylic acids is 2. The summed E-state index contributed by atoms with van der Waals surface area (Å²) >= 11 is 0. The lowest BCUT2D eigenvalue weighted by Crippen LogP contribution is -2.41. The molecule has 2 heterocycles. The van der Waals surface area contributed by atoms with Crippen molar-refractivity contribution in [3.63, 3.8) is 0 Å². The molecule has 39 heavy (non-hydrogen) atoms. The van der Waals surface area contributed by atoms with Crippen molar-refractivity contribution in [2.24, 2.45) is 5.92 Å². The Morgan fingerprint density at radius 1 is 1.03 bits per heavy atom. The molecule has 0 spiro atoms. The molecule has 1 unspecified atom stereocenters. The van der Waals surface area contributed by atoms with Crippen LogP contribution < -0.4 is 10.1 Å². The third-order valence-electron chi connectivity index (χ3n) is 7.30. The second-order valence-electron chi connectivity index (χ2n) is 10.2. The van der Waals surface area contributed by atoms with Gasteiger partial charge in [-0.15, -0.1) is 0 Å². The van der Waals surface area contributed by atoms with Gasteiger partial charge in [0.25, 0.3) is 5.91 Å². The summed E-state index contributed by atoms with van der Waals surface area (Å²) in [6, 6.07) is 22.8. The number of aryl methyl sites for hydroxylation is 1. The highest BCUT2D eigenvalue weighted by molar-refractivity contribution is 6.02. The van der Waals surface area contributed by atoms with Gasteiger partial charge >= 0.3 is 0 Å². The quantitative estimate of drug-likeness (QED) is 0.302. The van der Waals surface area contributed by atoms with Crippen LogP contribution in [-0.2, 0) is 17.8 Å². The Balaban J connectivity index is 1.19. The molecule has 1 aromatic heterocycles. The molecule has 0 saturated heterocycles. The molecule has 0 bridgehead atoms. The van der Waals surface area contributed by atoms with Gasteiger partial charge in [0.2, 0.25) is 5.91 Å². The average Bonchev–Trinajstić information content (AvgIpc) is 3.69. The molecule has 2 aliphatic rings. The number of ether oxygens (including phenoxy) is 1. The fourth-order valence-electron chi connectivity index (χ4n) is 5.08. The van der Waals surface area contributed by atoms with E-state index in [1.165, 1.54) is 12.1 Å². The number of benzene rings is 3. The highest BCUT2D eigenvalue weighted by atomic mass is 19.1. The van der Waals surface area contributed by atoms with Crippen molar-refractivity contribution in [3.8, 4) is 5.75 Å². The van der Waals surface area contributed by atoms with Gasteiger partial charge in [0.15, 0.2) is 5.76 Å². The second-order valence-corrected chi connectivity index (χ2v) is 10.2. The van der Waals surface area contributed by atoms with E-state index in [0.29, 0.717) is 23.7 Å². The Labute approximate surface area is 226 Å². The summed E-state index contributed by atoms with van der Waals surface area (Å²) in [5.41, 5.74) is 4.60. The van der Waals surface area contributed by atoms with Gasteiger partial charge in [0.1, 0.15) is 23.9 Å². The van der Waals surface area contributed by atoms with Gasteiger partial charge in [-0.25, -0.2) is 4.39 Å². The number of hydrogen-bond acceptors (Lipinski definition) is 4. The van der Waals surface area contributed by atoms with Crippen LogP contribution in [0.3, 0.4) is 0 Å². The highest BCUT2D eigenvalue weighted by Crippen LogP contribution is 2.41. The molecule has 1 saturated carbocycles. The number of fused-ring (bicyclic) bond motifs is 1. The Bertz CT molecular complexity index is 1520. The summed E-state index contributed by atoms with van der Waals surface area (Å²) in [7, 11) is 0. The van der Waals surface area contributed by atoms with Gasteiger partial charge in [-0.2, -0.15) is 0 Å². The first-order valence-electron chi connectivity index (χ1n) is 13.2. The van der Waals surface area contributed by atoms with Crippen LogP contribution in [0.5, 0.6) is 5.75 Å². The highest BCUT2D eigenvalue weighted by Gasteiger charge is 2.39. The number of halogens is 1. The lowest BCUT2D eigenvalue weighted by atomic mass is 9.87. The van der Waals surface area contributed by atoms with Crippen molar-refractivity contribution in [1.29, 1.82) is 0 Å². The van der Waals surface area contributed by atoms with Crippen LogP contribution in [0.15, 0.2) is 83.3 Å². The molecule has 6 nitrogen and oxygen atoms in total. The topological polar surface area (TPSA) is 71.8 Å². The van der Waals surface area contributed by atoms with Crippen LogP contribution >= 0.6 is 0 Å². The number of amides is 2. The zero-order valence-corrected chi connectivity index (χ0v) is 21.7. The summed E-state index contributed by atoms with van der Waals surface area (Å²) in [4.78, 5) is 27.6. The zero-order chi connectivity index (χ0) is 26.9. The number of furan rings is 1. The van der Waals surface area contributed by atoms with Gasteiger partial charge in [0, 0.05) is 18.2 Å². The normalized spacial score (nSPS) is 16.5. The predicted octanol–water partition coefficient (Wildman–Crippen LogP) is 6.44. The van der Waals surface area contributed by atoms with E-state index in [0.717, 1.165) is 41.5 Å². The number of anilines is 1. The number of hydrogen-bond donors (Lipinski definition) is 1. The van der Waals surface area contributed by atoms with E-state index in [9.17, 15) is 14.0 Å². The summed E-state index contributed by atoms with van der Waals surface area (Å²) in [6.07, 6.45) is 2.56. The third kappa shape index (κ3) is 5.43. The number of carbonyl (C=O) groups is 2. The third-order valence-corrected chi connectivity index (χ3v) is 7.30. The van der Waals surface area contributed by atoms with E-state index in [4.69, 9.17) is 9.15 Å². The van der Waals surface area contributed by atoms with E-state index in [1.807, 2.05) is 60.4 Å². The maximum absolute atomic E-state index is 14.2. The Kier molecular flexibility index (Phi) is 6.65. The summed E-state index contributed by atoms with van der Waals surface area (Å²) < 4.78 is 26.0. The van der Waals surface area contributed by atoms with E-state index < -0.39 is 0 Å². The molecule has 1 fully saturated rings. The van der Waals surface area contributed by atoms with Crippen LogP contribution in [0, 0.1) is 18.7 Å². The van der Waals surface area contributed by atoms with Crippen molar-refractivity contribution in [2.75, 3.05) is 11.9 Å². The molecule has 198 valence electrons. The molecular formula is C32H29FN2O4. The first-order valence-corrected chi connectivity index (χ1v) is 13.2. The maximum Gasteiger partial charge on any atom is 0.291 e. The fraction of sp³-hybridized carbons (Fsp3) is 0.250. The van der Waals surface area contributed by atoms with Crippen LogP contribution in [0.25, 0.3) is 0 Å². The Hall–Kier alpha value is -4.39. The Morgan fingerprint density at radius 3 is 2.62 bits per heavy atom. The molecular weight excluding hydrogens is 495 g/mol. The molecule has 6 rings (SSSR count). The van der Waals surface area contributed by atoms with Crippen molar-refractivity contribution >= 4 is 17.5 Å². The lowest BCUT2D eigenvalue weighted by molar-refractivity contribution is -0.134. The number of rotatable bonds is 7. The van der Waals surface area contributed by atoms with Crippen molar-refractivity contribution < 1.29 is 23.1 Å². The molecule has 0 radical (unpaired) electrons. The average molecular weight is 525 g/mol. The summed E-state index contributed by atoms with van der Waals surface area (Å²) in [5.74, 6) is 0.849. The summed E-state index contributed by atoms with van der Waals surface area (Å²) in [6.45, 7) is 2.72. The fourth-order valence-corrected chi connectivity index (χ4v) is 5.08. The van der Waals surface area contributed by atoms with Crippen molar-refractivity contribution in [3.05, 3.63) is 118 Å². The SMILES string of the molecule is Cc1ccc(NC(=O)c2ccc(COc3ccc4c(c3)C(c3cccc(F)c3)N(C(=O)C3CC3)CC4)o2)cc1. The zero-order valence-electron chi connectivity index (χ0n) is 21.7. The lowest BCUT2D eigenvalue weighted by Gasteiger charge is -2.38. The molecule has 1 aliphatic heterocycles. The van der Waals surface area contributed by atoms with Crippen molar-refractivity contribution in [1.82, 2.24) is 4.90 Å². The monoisotopic (exact) mass is 524 g/mol. The van der Waals surface area contributed by atoms with Gasteiger partial charge in [-0.3, -0.25) is 9.59 Å². The van der Waals surface area contributed by atoms with Crippen LogP contribution in [0.1, 0.15) is 57.5 Å². The summed E-state index contributed by atoms with van der Waals surface area (Å²) in [5, 5.41) is 2.82. The van der Waals surface area contributed by atoms with Gasteiger partial charge in [0.05, 0.1) is 6.04 Å². The first-order chi connectivity index (χ1) is 18.9. The van der Waals surface area contributed by atoms with E-state index in [2.05, 4.69) is 5.32 Å². The molecule has 1 aliphatic carbocycles.